The Morgan fingerprint density at radius 1 is 1.18 bits per heavy atom. The van der Waals surface area contributed by atoms with Gasteiger partial charge < -0.3 is 10.4 Å². The molecular formula is C18H25NO3. The van der Waals surface area contributed by atoms with Crippen molar-refractivity contribution < 1.29 is 14.7 Å². The number of aliphatic carboxylic acids is 1. The monoisotopic (exact) mass is 303 g/mol. The molecule has 1 amide bonds. The van der Waals surface area contributed by atoms with Crippen molar-refractivity contribution in [3.8, 4) is 0 Å². The van der Waals surface area contributed by atoms with Crippen LogP contribution in [0.4, 0.5) is 0 Å². The van der Waals surface area contributed by atoms with E-state index in [1.54, 1.807) is 0 Å². The van der Waals surface area contributed by atoms with E-state index in [1.807, 2.05) is 18.2 Å². The number of nitrogens with one attached hydrogen (secondary N) is 1. The van der Waals surface area contributed by atoms with Gasteiger partial charge in [0.15, 0.2) is 0 Å². The van der Waals surface area contributed by atoms with E-state index < -0.39 is 11.9 Å². The Morgan fingerprint density at radius 3 is 2.32 bits per heavy atom. The second kappa shape index (κ2) is 7.43. The molecule has 2 N–H and O–H groups in total. The fourth-order valence-corrected chi connectivity index (χ4v) is 2.93. The third kappa shape index (κ3) is 4.09. The van der Waals surface area contributed by atoms with Crippen molar-refractivity contribution in [3.63, 3.8) is 0 Å². The highest BCUT2D eigenvalue weighted by Gasteiger charge is 2.41. The Hall–Kier alpha value is -1.84. The number of carbonyl (C=O) groups is 2. The number of hydrogen-bond donors (Lipinski definition) is 2. The summed E-state index contributed by atoms with van der Waals surface area (Å²) in [6.07, 6.45) is 2.23. The first-order valence-corrected chi connectivity index (χ1v) is 8.03. The van der Waals surface area contributed by atoms with Crippen molar-refractivity contribution in [2.75, 3.05) is 6.54 Å². The van der Waals surface area contributed by atoms with E-state index in [0.29, 0.717) is 31.2 Å². The third-order valence-corrected chi connectivity index (χ3v) is 4.75. The van der Waals surface area contributed by atoms with Gasteiger partial charge in [-0.15, -0.1) is 0 Å². The predicted molar refractivity (Wildman–Crippen MR) is 85.3 cm³/mol. The molecule has 2 rings (SSSR count). The van der Waals surface area contributed by atoms with Crippen LogP contribution in [0, 0.1) is 23.7 Å². The van der Waals surface area contributed by atoms with Crippen LogP contribution in [-0.2, 0) is 16.0 Å². The van der Waals surface area contributed by atoms with Crippen molar-refractivity contribution in [2.45, 2.75) is 33.1 Å². The van der Waals surface area contributed by atoms with E-state index in [1.165, 1.54) is 5.56 Å². The lowest BCUT2D eigenvalue weighted by atomic mass is 9.73. The predicted octanol–water partition coefficient (Wildman–Crippen LogP) is 2.73. The van der Waals surface area contributed by atoms with Crippen LogP contribution in [0.5, 0.6) is 0 Å². The number of hydrogen-bond acceptors (Lipinski definition) is 2. The first kappa shape index (κ1) is 16.5. The average molecular weight is 303 g/mol. The number of carbonyl (C=O) groups excluding carboxylic acids is 1. The molecule has 0 aromatic heterocycles. The summed E-state index contributed by atoms with van der Waals surface area (Å²) in [5, 5.41) is 12.0. The zero-order valence-electron chi connectivity index (χ0n) is 13.3. The first-order chi connectivity index (χ1) is 10.5. The summed E-state index contributed by atoms with van der Waals surface area (Å²) in [4.78, 5) is 23.1. The van der Waals surface area contributed by atoms with E-state index in [-0.39, 0.29) is 11.8 Å². The van der Waals surface area contributed by atoms with Crippen LogP contribution in [0.1, 0.15) is 32.3 Å². The summed E-state index contributed by atoms with van der Waals surface area (Å²) in [7, 11) is 0. The van der Waals surface area contributed by atoms with E-state index in [9.17, 15) is 9.59 Å². The van der Waals surface area contributed by atoms with Gasteiger partial charge in [-0.25, -0.2) is 0 Å². The lowest BCUT2D eigenvalue weighted by Gasteiger charge is -2.32. The van der Waals surface area contributed by atoms with Gasteiger partial charge in [0, 0.05) is 6.54 Å². The minimum absolute atomic E-state index is 0.0997. The Labute approximate surface area is 131 Å². The van der Waals surface area contributed by atoms with Gasteiger partial charge in [-0.3, -0.25) is 9.59 Å². The quantitative estimate of drug-likeness (QED) is 0.814. The van der Waals surface area contributed by atoms with E-state index in [4.69, 9.17) is 5.11 Å². The molecule has 0 heterocycles. The van der Waals surface area contributed by atoms with Crippen LogP contribution in [0.2, 0.25) is 0 Å². The van der Waals surface area contributed by atoms with Crippen molar-refractivity contribution >= 4 is 11.9 Å². The SMILES string of the molecule is CC(C)C(CNC(=O)C1CCC1C(=O)O)Cc1ccccc1. The Kier molecular flexibility index (Phi) is 5.58. The summed E-state index contributed by atoms with van der Waals surface area (Å²) in [6, 6.07) is 10.2. The molecule has 22 heavy (non-hydrogen) atoms. The van der Waals surface area contributed by atoms with Crippen molar-refractivity contribution in [1.82, 2.24) is 5.32 Å². The molecule has 3 atom stereocenters. The molecule has 4 nitrogen and oxygen atoms in total. The molecule has 0 saturated heterocycles. The molecule has 1 aliphatic rings. The molecule has 1 saturated carbocycles. The van der Waals surface area contributed by atoms with Crippen LogP contribution in [0.25, 0.3) is 0 Å². The second-order valence-electron chi connectivity index (χ2n) is 6.57. The third-order valence-electron chi connectivity index (χ3n) is 4.75. The molecule has 0 aliphatic heterocycles. The fourth-order valence-electron chi connectivity index (χ4n) is 2.93. The molecule has 4 heteroatoms. The molecule has 3 unspecified atom stereocenters. The van der Waals surface area contributed by atoms with Gasteiger partial charge in [0.05, 0.1) is 11.8 Å². The van der Waals surface area contributed by atoms with Crippen LogP contribution in [0.15, 0.2) is 30.3 Å². The Balaban J connectivity index is 1.87. The van der Waals surface area contributed by atoms with Gasteiger partial charge in [0.2, 0.25) is 5.91 Å². The summed E-state index contributed by atoms with van der Waals surface area (Å²) in [6.45, 7) is 4.92. The minimum atomic E-state index is -0.851. The topological polar surface area (TPSA) is 66.4 Å². The molecular weight excluding hydrogens is 278 g/mol. The molecule has 1 fully saturated rings. The zero-order valence-corrected chi connectivity index (χ0v) is 13.3. The van der Waals surface area contributed by atoms with Gasteiger partial charge in [0.25, 0.3) is 0 Å². The number of carboxylic acids is 1. The van der Waals surface area contributed by atoms with Gasteiger partial charge in [-0.2, -0.15) is 0 Å². The van der Waals surface area contributed by atoms with Gasteiger partial charge in [0.1, 0.15) is 0 Å². The first-order valence-electron chi connectivity index (χ1n) is 8.03. The second-order valence-corrected chi connectivity index (χ2v) is 6.57. The van der Waals surface area contributed by atoms with Crippen LogP contribution < -0.4 is 5.32 Å². The van der Waals surface area contributed by atoms with E-state index >= 15 is 0 Å². The summed E-state index contributed by atoms with van der Waals surface area (Å²) in [5.41, 5.74) is 1.27. The standard InChI is InChI=1S/C18H25NO3/c1-12(2)14(10-13-6-4-3-5-7-13)11-19-17(20)15-8-9-16(15)18(21)22/h3-7,12,14-16H,8-11H2,1-2H3,(H,19,20)(H,21,22). The molecule has 1 aromatic rings. The van der Waals surface area contributed by atoms with Crippen LogP contribution in [-0.4, -0.2) is 23.5 Å². The lowest BCUT2D eigenvalue weighted by molar-refractivity contribution is -0.152. The van der Waals surface area contributed by atoms with Gasteiger partial charge >= 0.3 is 5.97 Å². The van der Waals surface area contributed by atoms with Crippen molar-refractivity contribution in [3.05, 3.63) is 35.9 Å². The number of carboxylic acid groups (broad SMARTS) is 1. The van der Waals surface area contributed by atoms with Crippen molar-refractivity contribution in [1.29, 1.82) is 0 Å². The average Bonchev–Trinajstić information content (AvgIpc) is 2.42. The molecule has 0 spiro atoms. The maximum atomic E-state index is 12.1. The summed E-state index contributed by atoms with van der Waals surface area (Å²) in [5.74, 6) is -0.978. The Morgan fingerprint density at radius 2 is 1.82 bits per heavy atom. The van der Waals surface area contributed by atoms with E-state index in [2.05, 4.69) is 31.3 Å². The largest absolute Gasteiger partial charge is 0.481 e. The minimum Gasteiger partial charge on any atom is -0.481 e. The van der Waals surface area contributed by atoms with Gasteiger partial charge in [-0.05, 0) is 36.7 Å². The molecule has 0 bridgehead atoms. The maximum Gasteiger partial charge on any atom is 0.307 e. The Bertz CT molecular complexity index is 512. The summed E-state index contributed by atoms with van der Waals surface area (Å²) < 4.78 is 0. The van der Waals surface area contributed by atoms with Crippen molar-refractivity contribution in [2.24, 2.45) is 23.7 Å². The molecule has 0 radical (unpaired) electrons. The molecule has 1 aliphatic carbocycles. The highest BCUT2D eigenvalue weighted by Crippen LogP contribution is 2.34. The fraction of sp³-hybridized carbons (Fsp3) is 0.556. The van der Waals surface area contributed by atoms with Gasteiger partial charge in [-0.1, -0.05) is 44.2 Å². The normalized spacial score (nSPS) is 22.0. The molecule has 120 valence electrons. The summed E-state index contributed by atoms with van der Waals surface area (Å²) >= 11 is 0. The number of benzene rings is 1. The highest BCUT2D eigenvalue weighted by molar-refractivity contribution is 5.86. The highest BCUT2D eigenvalue weighted by atomic mass is 16.4. The number of amides is 1. The molecule has 1 aromatic carbocycles. The van der Waals surface area contributed by atoms with Crippen LogP contribution >= 0.6 is 0 Å². The number of rotatable bonds is 7. The lowest BCUT2D eigenvalue weighted by Crippen LogP contribution is -2.45. The smallest absolute Gasteiger partial charge is 0.307 e. The maximum absolute atomic E-state index is 12.1. The van der Waals surface area contributed by atoms with E-state index in [0.717, 1.165) is 6.42 Å². The van der Waals surface area contributed by atoms with Crippen LogP contribution in [0.3, 0.4) is 0 Å². The zero-order chi connectivity index (χ0) is 16.1.